The van der Waals surface area contributed by atoms with Crippen LogP contribution in [0.15, 0.2) is 30.5 Å². The quantitative estimate of drug-likeness (QED) is 0.792. The van der Waals surface area contributed by atoms with Gasteiger partial charge in [-0.15, -0.1) is 0 Å². The van der Waals surface area contributed by atoms with Gasteiger partial charge in [0.2, 0.25) is 0 Å². The maximum absolute atomic E-state index is 6.60. The summed E-state index contributed by atoms with van der Waals surface area (Å²) in [6, 6.07) is 8.61. The average Bonchev–Trinajstić information content (AvgIpc) is 2.78. The zero-order chi connectivity index (χ0) is 13.0. The highest BCUT2D eigenvalue weighted by molar-refractivity contribution is 5.83. The molecule has 2 nitrogen and oxygen atoms in total. The Kier molecular flexibility index (Phi) is 4.07. The number of hydrogen-bond donors (Lipinski definition) is 2. The smallest absolute Gasteiger partial charge is 0.0456 e. The number of nitrogens with two attached hydrogens (primary N) is 1. The van der Waals surface area contributed by atoms with Gasteiger partial charge in [0.25, 0.3) is 0 Å². The van der Waals surface area contributed by atoms with Crippen molar-refractivity contribution in [3.8, 4) is 0 Å². The molecule has 2 rings (SSSR count). The van der Waals surface area contributed by atoms with Crippen molar-refractivity contribution in [1.82, 2.24) is 4.98 Å². The molecule has 1 aromatic carbocycles. The van der Waals surface area contributed by atoms with Gasteiger partial charge in [0.15, 0.2) is 0 Å². The highest BCUT2D eigenvalue weighted by Crippen LogP contribution is 2.26. The molecule has 0 saturated heterocycles. The summed E-state index contributed by atoms with van der Waals surface area (Å²) in [6.07, 6.45) is 7.48. The highest BCUT2D eigenvalue weighted by atomic mass is 14.7. The highest BCUT2D eigenvalue weighted by Gasteiger charge is 2.24. The molecule has 0 spiro atoms. The van der Waals surface area contributed by atoms with E-state index in [4.69, 9.17) is 5.73 Å². The number of benzene rings is 1. The minimum Gasteiger partial charge on any atom is -0.361 e. The van der Waals surface area contributed by atoms with Crippen molar-refractivity contribution >= 4 is 10.9 Å². The van der Waals surface area contributed by atoms with E-state index in [0.717, 1.165) is 32.1 Å². The first-order chi connectivity index (χ1) is 8.68. The van der Waals surface area contributed by atoms with E-state index in [1.165, 1.54) is 16.5 Å². The summed E-state index contributed by atoms with van der Waals surface area (Å²) >= 11 is 0. The molecule has 2 aromatic rings. The van der Waals surface area contributed by atoms with E-state index < -0.39 is 0 Å². The first kappa shape index (κ1) is 13.2. The van der Waals surface area contributed by atoms with E-state index in [1.807, 2.05) is 6.20 Å². The second kappa shape index (κ2) is 5.57. The Morgan fingerprint density at radius 1 is 1.11 bits per heavy atom. The molecular weight excluding hydrogens is 220 g/mol. The lowest BCUT2D eigenvalue weighted by molar-refractivity contribution is 0.356. The van der Waals surface area contributed by atoms with Crippen molar-refractivity contribution < 1.29 is 0 Å². The van der Waals surface area contributed by atoms with E-state index in [9.17, 15) is 0 Å². The van der Waals surface area contributed by atoms with Crippen LogP contribution < -0.4 is 5.73 Å². The fourth-order valence-electron chi connectivity index (χ4n) is 2.98. The molecule has 0 aliphatic rings. The number of hydrogen-bond acceptors (Lipinski definition) is 1. The Bertz CT molecular complexity index is 493. The molecule has 1 aromatic heterocycles. The summed E-state index contributed by atoms with van der Waals surface area (Å²) < 4.78 is 0. The fraction of sp³-hybridized carbons (Fsp3) is 0.500. The van der Waals surface area contributed by atoms with Gasteiger partial charge < -0.3 is 10.7 Å². The first-order valence-electron chi connectivity index (χ1n) is 7.02. The molecule has 1 heterocycles. The van der Waals surface area contributed by atoms with Crippen LogP contribution in [0.3, 0.4) is 0 Å². The van der Waals surface area contributed by atoms with Gasteiger partial charge in [-0.2, -0.15) is 0 Å². The van der Waals surface area contributed by atoms with Gasteiger partial charge in [-0.3, -0.25) is 0 Å². The van der Waals surface area contributed by atoms with Crippen molar-refractivity contribution in [2.75, 3.05) is 0 Å². The predicted molar refractivity (Wildman–Crippen MR) is 78.7 cm³/mol. The van der Waals surface area contributed by atoms with Crippen molar-refractivity contribution in [2.45, 2.75) is 51.5 Å². The minimum absolute atomic E-state index is 0.0466. The van der Waals surface area contributed by atoms with Crippen molar-refractivity contribution in [2.24, 2.45) is 5.73 Å². The van der Waals surface area contributed by atoms with Crippen LogP contribution in [0.5, 0.6) is 0 Å². The molecule has 0 aliphatic carbocycles. The molecule has 0 fully saturated rings. The molecule has 18 heavy (non-hydrogen) atoms. The number of fused-ring (bicyclic) bond motifs is 1. The lowest BCUT2D eigenvalue weighted by atomic mass is 9.83. The summed E-state index contributed by atoms with van der Waals surface area (Å²) in [5, 5.41) is 1.32. The Balaban J connectivity index is 2.28. The second-order valence-electron chi connectivity index (χ2n) is 5.40. The molecule has 0 unspecified atom stereocenters. The summed E-state index contributed by atoms with van der Waals surface area (Å²) in [4.78, 5) is 3.27. The van der Waals surface area contributed by atoms with Crippen molar-refractivity contribution in [3.63, 3.8) is 0 Å². The van der Waals surface area contributed by atoms with Crippen LogP contribution in [-0.4, -0.2) is 10.5 Å². The standard InChI is InChI=1S/C16H24N2/c1-3-9-16(17,10-4-2)12-13-6-5-7-15-14(13)8-11-18-15/h5-8,11,18H,3-4,9-10,12,17H2,1-2H3. The molecule has 3 N–H and O–H groups in total. The third-order valence-corrected chi connectivity index (χ3v) is 3.72. The van der Waals surface area contributed by atoms with Crippen LogP contribution in [0.2, 0.25) is 0 Å². The molecule has 0 bridgehead atoms. The fourth-order valence-corrected chi connectivity index (χ4v) is 2.98. The summed E-state index contributed by atoms with van der Waals surface area (Å²) in [6.45, 7) is 4.43. The van der Waals surface area contributed by atoms with Crippen LogP contribution in [0.25, 0.3) is 10.9 Å². The minimum atomic E-state index is -0.0466. The Morgan fingerprint density at radius 2 is 1.83 bits per heavy atom. The number of aromatic nitrogens is 1. The van der Waals surface area contributed by atoms with E-state index in [2.05, 4.69) is 43.1 Å². The lowest BCUT2D eigenvalue weighted by Crippen LogP contribution is -2.41. The molecule has 0 amide bonds. The third kappa shape index (κ3) is 2.75. The van der Waals surface area contributed by atoms with Crippen LogP contribution in [-0.2, 0) is 6.42 Å². The zero-order valence-corrected chi connectivity index (χ0v) is 11.5. The van der Waals surface area contributed by atoms with Gasteiger partial charge in [0.1, 0.15) is 0 Å². The van der Waals surface area contributed by atoms with Gasteiger partial charge in [-0.05, 0) is 37.0 Å². The van der Waals surface area contributed by atoms with E-state index in [1.54, 1.807) is 0 Å². The molecule has 98 valence electrons. The SMILES string of the molecule is CCCC(N)(CCC)Cc1cccc2[nH]ccc12. The first-order valence-corrected chi connectivity index (χ1v) is 7.02. The largest absolute Gasteiger partial charge is 0.361 e. The van der Waals surface area contributed by atoms with Gasteiger partial charge in [-0.1, -0.05) is 38.8 Å². The lowest BCUT2D eigenvalue weighted by Gasteiger charge is -2.29. The van der Waals surface area contributed by atoms with Crippen molar-refractivity contribution in [1.29, 1.82) is 0 Å². The second-order valence-corrected chi connectivity index (χ2v) is 5.40. The Labute approximate surface area is 110 Å². The van der Waals surface area contributed by atoms with Crippen molar-refractivity contribution in [3.05, 3.63) is 36.0 Å². The number of nitrogens with one attached hydrogen (secondary N) is 1. The molecule has 0 saturated carbocycles. The van der Waals surface area contributed by atoms with Gasteiger partial charge >= 0.3 is 0 Å². The summed E-state index contributed by atoms with van der Waals surface area (Å²) in [5.74, 6) is 0. The molecule has 0 aliphatic heterocycles. The monoisotopic (exact) mass is 244 g/mol. The maximum atomic E-state index is 6.60. The number of aromatic amines is 1. The van der Waals surface area contributed by atoms with E-state index in [0.29, 0.717) is 0 Å². The zero-order valence-electron chi connectivity index (χ0n) is 11.5. The third-order valence-electron chi connectivity index (χ3n) is 3.72. The molecular formula is C16H24N2. The Morgan fingerprint density at radius 3 is 2.50 bits per heavy atom. The topological polar surface area (TPSA) is 41.8 Å². The maximum Gasteiger partial charge on any atom is 0.0456 e. The van der Waals surface area contributed by atoms with E-state index >= 15 is 0 Å². The number of H-pyrrole nitrogens is 1. The van der Waals surface area contributed by atoms with Crippen LogP contribution >= 0.6 is 0 Å². The predicted octanol–water partition coefficient (Wildman–Crippen LogP) is 4.01. The van der Waals surface area contributed by atoms with Crippen LogP contribution in [0, 0.1) is 0 Å². The van der Waals surface area contributed by atoms with E-state index in [-0.39, 0.29) is 5.54 Å². The Hall–Kier alpha value is -1.28. The van der Waals surface area contributed by atoms with Gasteiger partial charge in [-0.25, -0.2) is 0 Å². The van der Waals surface area contributed by atoms with Crippen LogP contribution in [0.1, 0.15) is 45.1 Å². The molecule has 0 atom stereocenters. The average molecular weight is 244 g/mol. The summed E-state index contributed by atoms with van der Waals surface area (Å²) in [5.41, 5.74) is 9.14. The van der Waals surface area contributed by atoms with Crippen LogP contribution in [0.4, 0.5) is 0 Å². The van der Waals surface area contributed by atoms with Gasteiger partial charge in [0, 0.05) is 22.6 Å². The van der Waals surface area contributed by atoms with Gasteiger partial charge in [0.05, 0.1) is 0 Å². The summed E-state index contributed by atoms with van der Waals surface area (Å²) in [7, 11) is 0. The molecule has 0 radical (unpaired) electrons. The number of rotatable bonds is 6. The normalized spacial score (nSPS) is 12.2. The molecule has 2 heteroatoms.